The number of amides is 2. The summed E-state index contributed by atoms with van der Waals surface area (Å²) in [6.07, 6.45) is 3.07. The fourth-order valence-corrected chi connectivity index (χ4v) is 5.39. The van der Waals surface area contributed by atoms with Crippen LogP contribution in [-0.2, 0) is 14.3 Å². The van der Waals surface area contributed by atoms with Gasteiger partial charge in [0.1, 0.15) is 11.4 Å². The molecule has 2 heterocycles. The molecule has 4 rings (SSSR count). The minimum atomic E-state index is -1.24. The number of rotatable bonds is 5. The molecule has 1 aliphatic carbocycles. The molecule has 2 amide bonds. The molecule has 0 radical (unpaired) electrons. The third-order valence-corrected chi connectivity index (χ3v) is 6.81. The molecule has 158 valence electrons. The Morgan fingerprint density at radius 3 is 2.69 bits per heavy atom. The zero-order valence-electron chi connectivity index (χ0n) is 16.8. The van der Waals surface area contributed by atoms with Gasteiger partial charge in [0.25, 0.3) is 5.91 Å². The number of nitrogens with zero attached hydrogens (tertiary/aromatic N) is 2. The van der Waals surface area contributed by atoms with Crippen molar-refractivity contribution in [1.29, 1.82) is 0 Å². The van der Waals surface area contributed by atoms with Crippen molar-refractivity contribution in [2.24, 2.45) is 11.8 Å². The van der Waals surface area contributed by atoms with E-state index in [-0.39, 0.29) is 41.9 Å². The van der Waals surface area contributed by atoms with Gasteiger partial charge >= 0.3 is 0 Å². The standard InChI is InChI=1S/C22H29FN2O4/c1-29-10-7-19(26)25-13-16-12-24(21(27)22(28)8-2-3-9-22)14-18(16)20(25)15-5-4-6-17(23)11-15/h4-6,11,16,18,20,28H,2-3,7-10,12-14H2,1H3/t16-,18-,20+/m0/s1. The average Bonchev–Trinajstić information content (AvgIpc) is 3.40. The van der Waals surface area contributed by atoms with Gasteiger partial charge in [-0.1, -0.05) is 12.1 Å². The van der Waals surface area contributed by atoms with Crippen molar-refractivity contribution >= 4 is 11.8 Å². The largest absolute Gasteiger partial charge is 0.384 e. The second-order valence-corrected chi connectivity index (χ2v) is 8.66. The van der Waals surface area contributed by atoms with E-state index in [1.165, 1.54) is 12.1 Å². The predicted octanol–water partition coefficient (Wildman–Crippen LogP) is 2.13. The summed E-state index contributed by atoms with van der Waals surface area (Å²) in [5.41, 5.74) is -0.474. The van der Waals surface area contributed by atoms with Crippen LogP contribution < -0.4 is 0 Å². The van der Waals surface area contributed by atoms with Crippen LogP contribution >= 0.6 is 0 Å². The van der Waals surface area contributed by atoms with Crippen LogP contribution in [0.4, 0.5) is 4.39 Å². The highest BCUT2D eigenvalue weighted by Gasteiger charge is 2.52. The highest BCUT2D eigenvalue weighted by molar-refractivity contribution is 5.85. The Hall–Kier alpha value is -1.99. The molecular formula is C22H29FN2O4. The number of carbonyl (C=O) groups is 2. The Bertz CT molecular complexity index is 780. The lowest BCUT2D eigenvalue weighted by atomic mass is 9.89. The molecule has 1 aromatic rings. The van der Waals surface area contributed by atoms with Crippen molar-refractivity contribution in [1.82, 2.24) is 9.80 Å². The normalized spacial score (nSPS) is 28.0. The quantitative estimate of drug-likeness (QED) is 0.816. The second kappa shape index (κ2) is 8.03. The fourth-order valence-electron chi connectivity index (χ4n) is 5.39. The van der Waals surface area contributed by atoms with Crippen molar-refractivity contribution in [2.75, 3.05) is 33.4 Å². The molecule has 2 aliphatic heterocycles. The van der Waals surface area contributed by atoms with Crippen molar-refractivity contribution in [2.45, 2.75) is 43.7 Å². The molecular weight excluding hydrogens is 375 g/mol. The van der Waals surface area contributed by atoms with Crippen LogP contribution in [0.25, 0.3) is 0 Å². The van der Waals surface area contributed by atoms with Gasteiger partial charge < -0.3 is 19.6 Å². The van der Waals surface area contributed by atoms with Crippen LogP contribution in [-0.4, -0.2) is 65.7 Å². The summed E-state index contributed by atoms with van der Waals surface area (Å²) in [4.78, 5) is 29.4. The minimum Gasteiger partial charge on any atom is -0.384 e. The number of methoxy groups -OCH3 is 1. The molecule has 2 saturated heterocycles. The maximum absolute atomic E-state index is 13.9. The first kappa shape index (κ1) is 20.3. The van der Waals surface area contributed by atoms with Crippen molar-refractivity contribution in [3.63, 3.8) is 0 Å². The first-order chi connectivity index (χ1) is 13.9. The number of likely N-dealkylation sites (tertiary alicyclic amines) is 2. The Morgan fingerprint density at radius 2 is 2.00 bits per heavy atom. The van der Waals surface area contributed by atoms with Crippen LogP contribution in [0.1, 0.15) is 43.7 Å². The van der Waals surface area contributed by atoms with Crippen LogP contribution in [0.2, 0.25) is 0 Å². The Labute approximate surface area is 170 Å². The number of fused-ring (bicyclic) bond motifs is 1. The predicted molar refractivity (Wildman–Crippen MR) is 104 cm³/mol. The Balaban J connectivity index is 1.57. The summed E-state index contributed by atoms with van der Waals surface area (Å²) in [7, 11) is 1.56. The Kier molecular flexibility index (Phi) is 5.62. The molecule has 0 unspecified atom stereocenters. The van der Waals surface area contributed by atoms with Gasteiger partial charge in [0.15, 0.2) is 0 Å². The third kappa shape index (κ3) is 3.78. The van der Waals surface area contributed by atoms with E-state index in [0.29, 0.717) is 39.1 Å². The number of ether oxygens (including phenoxy) is 1. The van der Waals surface area contributed by atoms with E-state index in [0.717, 1.165) is 18.4 Å². The maximum atomic E-state index is 13.9. The minimum absolute atomic E-state index is 0.0113. The summed E-state index contributed by atoms with van der Waals surface area (Å²) in [5, 5.41) is 10.7. The molecule has 0 aromatic heterocycles. The maximum Gasteiger partial charge on any atom is 0.254 e. The molecule has 1 saturated carbocycles. The van der Waals surface area contributed by atoms with Crippen molar-refractivity contribution in [3.05, 3.63) is 35.6 Å². The van der Waals surface area contributed by atoms with Crippen LogP contribution in [0.3, 0.4) is 0 Å². The molecule has 3 aliphatic rings. The number of hydrogen-bond donors (Lipinski definition) is 1. The monoisotopic (exact) mass is 404 g/mol. The van der Waals surface area contributed by atoms with Gasteiger partial charge in [-0.05, 0) is 43.4 Å². The first-order valence-corrected chi connectivity index (χ1v) is 10.5. The molecule has 7 heteroatoms. The number of carbonyl (C=O) groups excluding carboxylic acids is 2. The topological polar surface area (TPSA) is 70.1 Å². The molecule has 3 fully saturated rings. The number of aliphatic hydroxyl groups is 1. The van der Waals surface area contributed by atoms with E-state index >= 15 is 0 Å². The lowest BCUT2D eigenvalue weighted by molar-refractivity contribution is -0.150. The van der Waals surface area contributed by atoms with Gasteiger partial charge in [0.2, 0.25) is 5.91 Å². The summed E-state index contributed by atoms with van der Waals surface area (Å²) in [5.74, 6) is -0.357. The molecule has 1 N–H and O–H groups in total. The molecule has 3 atom stereocenters. The number of benzene rings is 1. The fraction of sp³-hybridized carbons (Fsp3) is 0.636. The molecule has 29 heavy (non-hydrogen) atoms. The van der Waals surface area contributed by atoms with E-state index in [1.807, 2.05) is 11.0 Å². The van der Waals surface area contributed by atoms with E-state index in [2.05, 4.69) is 0 Å². The molecule has 1 aromatic carbocycles. The zero-order valence-corrected chi connectivity index (χ0v) is 16.8. The van der Waals surface area contributed by atoms with E-state index in [4.69, 9.17) is 4.74 Å². The van der Waals surface area contributed by atoms with Crippen LogP contribution in [0, 0.1) is 17.7 Å². The van der Waals surface area contributed by atoms with Gasteiger partial charge in [-0.2, -0.15) is 0 Å². The number of hydrogen-bond acceptors (Lipinski definition) is 4. The third-order valence-electron chi connectivity index (χ3n) is 6.81. The van der Waals surface area contributed by atoms with E-state index in [1.54, 1.807) is 18.1 Å². The van der Waals surface area contributed by atoms with Gasteiger partial charge in [-0.25, -0.2) is 4.39 Å². The lowest BCUT2D eigenvalue weighted by Crippen LogP contribution is -2.47. The van der Waals surface area contributed by atoms with E-state index < -0.39 is 5.60 Å². The Morgan fingerprint density at radius 1 is 1.24 bits per heavy atom. The first-order valence-electron chi connectivity index (χ1n) is 10.5. The van der Waals surface area contributed by atoms with Gasteiger partial charge in [0.05, 0.1) is 19.1 Å². The molecule has 0 spiro atoms. The average molecular weight is 404 g/mol. The van der Waals surface area contributed by atoms with E-state index in [9.17, 15) is 19.1 Å². The highest BCUT2D eigenvalue weighted by atomic mass is 19.1. The zero-order chi connectivity index (χ0) is 20.6. The van der Waals surface area contributed by atoms with Crippen LogP contribution in [0.5, 0.6) is 0 Å². The summed E-state index contributed by atoms with van der Waals surface area (Å²) < 4.78 is 19.0. The van der Waals surface area contributed by atoms with Crippen LogP contribution in [0.15, 0.2) is 24.3 Å². The molecule has 6 nitrogen and oxygen atoms in total. The lowest BCUT2D eigenvalue weighted by Gasteiger charge is -2.32. The summed E-state index contributed by atoms with van der Waals surface area (Å²) >= 11 is 0. The second-order valence-electron chi connectivity index (χ2n) is 8.66. The van der Waals surface area contributed by atoms with Crippen molar-refractivity contribution in [3.8, 4) is 0 Å². The number of halogens is 1. The van der Waals surface area contributed by atoms with Gasteiger partial charge in [0, 0.05) is 38.6 Å². The van der Waals surface area contributed by atoms with Gasteiger partial charge in [-0.3, -0.25) is 9.59 Å². The summed E-state index contributed by atoms with van der Waals surface area (Å²) in [6, 6.07) is 6.12. The SMILES string of the molecule is COCCC(=O)N1C[C@@H]2CN(C(=O)C3(O)CCCC3)C[C@@H]2[C@H]1c1cccc(F)c1. The molecule has 0 bridgehead atoms. The summed E-state index contributed by atoms with van der Waals surface area (Å²) in [6.45, 7) is 1.90. The van der Waals surface area contributed by atoms with Gasteiger partial charge in [-0.15, -0.1) is 0 Å². The highest BCUT2D eigenvalue weighted by Crippen LogP contribution is 2.46. The van der Waals surface area contributed by atoms with Crippen molar-refractivity contribution < 1.29 is 23.8 Å². The smallest absolute Gasteiger partial charge is 0.254 e.